The normalized spacial score (nSPS) is 17.5. The number of nitrogens with one attached hydrogen (secondary N) is 1. The molecule has 0 spiro atoms. The summed E-state index contributed by atoms with van der Waals surface area (Å²) in [4.78, 5) is 25.4. The highest BCUT2D eigenvalue weighted by molar-refractivity contribution is 6.00. The number of hydrogen-bond acceptors (Lipinski definition) is 7. The molecule has 1 atom stereocenters. The van der Waals surface area contributed by atoms with Crippen molar-refractivity contribution in [2.75, 3.05) is 46.4 Å². The molecule has 0 saturated carbocycles. The minimum Gasteiger partial charge on any atom is -0.361 e. The number of methoxy groups -OCH3 is 4. The lowest BCUT2D eigenvalue weighted by Crippen LogP contribution is -2.41. The number of imide groups is 1. The zero-order chi connectivity index (χ0) is 19.8. The molecule has 2 rings (SSSR count). The van der Waals surface area contributed by atoms with E-state index < -0.39 is 12.6 Å². The number of hydrogen-bond donors (Lipinski definition) is 1. The van der Waals surface area contributed by atoms with Crippen molar-refractivity contribution < 1.29 is 28.5 Å². The van der Waals surface area contributed by atoms with Crippen molar-refractivity contribution in [2.24, 2.45) is 0 Å². The molecule has 2 amide bonds. The molecule has 1 aliphatic heterocycles. The van der Waals surface area contributed by atoms with E-state index in [-0.39, 0.29) is 17.7 Å². The van der Waals surface area contributed by atoms with Crippen molar-refractivity contribution in [2.45, 2.75) is 31.3 Å². The van der Waals surface area contributed by atoms with Gasteiger partial charge in [0.25, 0.3) is 0 Å². The van der Waals surface area contributed by atoms with E-state index in [9.17, 15) is 9.59 Å². The van der Waals surface area contributed by atoms with Gasteiger partial charge in [-0.15, -0.1) is 0 Å². The third-order valence-electron chi connectivity index (χ3n) is 4.69. The van der Waals surface area contributed by atoms with Gasteiger partial charge in [-0.3, -0.25) is 14.9 Å². The van der Waals surface area contributed by atoms with Crippen LogP contribution in [-0.2, 0) is 28.5 Å². The molecular formula is C19H28N2O6. The molecule has 150 valence electrons. The fraction of sp³-hybridized carbons (Fsp3) is 0.579. The van der Waals surface area contributed by atoms with Gasteiger partial charge in [0.15, 0.2) is 12.6 Å². The first-order valence-corrected chi connectivity index (χ1v) is 8.82. The first-order valence-electron chi connectivity index (χ1n) is 8.82. The average molecular weight is 380 g/mol. The molecule has 27 heavy (non-hydrogen) atoms. The highest BCUT2D eigenvalue weighted by Crippen LogP contribution is 2.27. The van der Waals surface area contributed by atoms with Crippen molar-refractivity contribution in [3.8, 4) is 0 Å². The van der Waals surface area contributed by atoms with Crippen LogP contribution in [0.2, 0.25) is 0 Å². The first kappa shape index (κ1) is 21.3. The zero-order valence-corrected chi connectivity index (χ0v) is 16.3. The standard InChI is InChI=1S/C19H28N2O6/c1-24-17(25-2)11-21(12-18(26-3)27-4)14-7-5-13(6-8-14)15-9-10-16(22)20-19(15)23/h5-8,15,17-18H,9-12H2,1-4H3,(H,20,22,23). The van der Waals surface area contributed by atoms with Gasteiger partial charge in [-0.1, -0.05) is 12.1 Å². The molecule has 0 aromatic heterocycles. The van der Waals surface area contributed by atoms with Gasteiger partial charge in [-0.05, 0) is 24.1 Å². The van der Waals surface area contributed by atoms with Crippen LogP contribution >= 0.6 is 0 Å². The van der Waals surface area contributed by atoms with Gasteiger partial charge in [0.1, 0.15) is 0 Å². The number of anilines is 1. The molecule has 8 nitrogen and oxygen atoms in total. The smallest absolute Gasteiger partial charge is 0.234 e. The van der Waals surface area contributed by atoms with Crippen molar-refractivity contribution in [3.63, 3.8) is 0 Å². The molecule has 1 N–H and O–H groups in total. The fourth-order valence-corrected chi connectivity index (χ4v) is 3.06. The van der Waals surface area contributed by atoms with Crippen LogP contribution in [0.4, 0.5) is 5.69 Å². The molecule has 1 aromatic rings. The number of carbonyl (C=O) groups excluding carboxylic acids is 2. The molecule has 1 unspecified atom stereocenters. The van der Waals surface area contributed by atoms with Crippen LogP contribution in [0.3, 0.4) is 0 Å². The van der Waals surface area contributed by atoms with Gasteiger partial charge in [0.05, 0.1) is 19.0 Å². The molecular weight excluding hydrogens is 352 g/mol. The summed E-state index contributed by atoms with van der Waals surface area (Å²) in [7, 11) is 6.34. The summed E-state index contributed by atoms with van der Waals surface area (Å²) in [6.45, 7) is 0.960. The summed E-state index contributed by atoms with van der Waals surface area (Å²) in [5, 5.41) is 2.39. The molecule has 0 radical (unpaired) electrons. The number of ether oxygens (including phenoxy) is 4. The number of nitrogens with zero attached hydrogens (tertiary/aromatic N) is 1. The number of amides is 2. The Kier molecular flexibility index (Phi) is 8.18. The maximum Gasteiger partial charge on any atom is 0.234 e. The van der Waals surface area contributed by atoms with Crippen LogP contribution in [-0.4, -0.2) is 65.9 Å². The minimum atomic E-state index is -0.408. The Hall–Kier alpha value is -2.00. The van der Waals surface area contributed by atoms with E-state index in [1.54, 1.807) is 28.4 Å². The molecule has 1 fully saturated rings. The SMILES string of the molecule is COC(CN(CC(OC)OC)c1ccc(C2CCC(=O)NC2=O)cc1)OC. The van der Waals surface area contributed by atoms with E-state index in [1.807, 2.05) is 29.2 Å². The molecule has 0 aliphatic carbocycles. The quantitative estimate of drug-likeness (QED) is 0.483. The van der Waals surface area contributed by atoms with Crippen molar-refractivity contribution in [1.29, 1.82) is 0 Å². The summed E-state index contributed by atoms with van der Waals surface area (Å²) in [6.07, 6.45) is 0.0682. The Morgan fingerprint density at radius 1 is 0.963 bits per heavy atom. The van der Waals surface area contributed by atoms with E-state index in [0.29, 0.717) is 25.9 Å². The Morgan fingerprint density at radius 3 is 1.93 bits per heavy atom. The lowest BCUT2D eigenvalue weighted by Gasteiger charge is -2.31. The Labute approximate surface area is 159 Å². The second kappa shape index (κ2) is 10.4. The van der Waals surface area contributed by atoms with Gasteiger partial charge in [-0.25, -0.2) is 0 Å². The number of benzene rings is 1. The number of carbonyl (C=O) groups is 2. The van der Waals surface area contributed by atoms with Crippen LogP contribution < -0.4 is 10.2 Å². The maximum atomic E-state index is 12.1. The minimum absolute atomic E-state index is 0.214. The number of rotatable bonds is 10. The van der Waals surface area contributed by atoms with Crippen molar-refractivity contribution in [1.82, 2.24) is 5.32 Å². The second-order valence-corrected chi connectivity index (χ2v) is 6.30. The molecule has 0 bridgehead atoms. The lowest BCUT2D eigenvalue weighted by molar-refractivity contribution is -0.134. The molecule has 8 heteroatoms. The summed E-state index contributed by atoms with van der Waals surface area (Å²) in [6, 6.07) is 7.69. The monoisotopic (exact) mass is 380 g/mol. The van der Waals surface area contributed by atoms with Crippen LogP contribution in [0.1, 0.15) is 24.3 Å². The van der Waals surface area contributed by atoms with E-state index in [2.05, 4.69) is 5.32 Å². The highest BCUT2D eigenvalue weighted by Gasteiger charge is 2.28. The van der Waals surface area contributed by atoms with Gasteiger partial charge < -0.3 is 23.8 Å². The summed E-state index contributed by atoms with van der Waals surface area (Å²) < 4.78 is 21.3. The highest BCUT2D eigenvalue weighted by atomic mass is 16.7. The van der Waals surface area contributed by atoms with E-state index in [0.717, 1.165) is 11.3 Å². The second-order valence-electron chi connectivity index (χ2n) is 6.30. The Morgan fingerprint density at radius 2 is 1.48 bits per heavy atom. The van der Waals surface area contributed by atoms with Crippen LogP contribution in [0, 0.1) is 0 Å². The van der Waals surface area contributed by atoms with Crippen LogP contribution in [0.15, 0.2) is 24.3 Å². The fourth-order valence-electron chi connectivity index (χ4n) is 3.06. The van der Waals surface area contributed by atoms with E-state index >= 15 is 0 Å². The third-order valence-corrected chi connectivity index (χ3v) is 4.69. The zero-order valence-electron chi connectivity index (χ0n) is 16.3. The van der Waals surface area contributed by atoms with Crippen molar-refractivity contribution in [3.05, 3.63) is 29.8 Å². The van der Waals surface area contributed by atoms with Gasteiger partial charge >= 0.3 is 0 Å². The maximum absolute atomic E-state index is 12.1. The Bertz CT molecular complexity index is 599. The summed E-state index contributed by atoms with van der Waals surface area (Å²) >= 11 is 0. The van der Waals surface area contributed by atoms with Crippen molar-refractivity contribution >= 4 is 17.5 Å². The first-order chi connectivity index (χ1) is 13.0. The Balaban J connectivity index is 2.17. The lowest BCUT2D eigenvalue weighted by atomic mass is 9.90. The average Bonchev–Trinajstić information content (AvgIpc) is 2.69. The predicted molar refractivity (Wildman–Crippen MR) is 99.4 cm³/mol. The largest absolute Gasteiger partial charge is 0.361 e. The third kappa shape index (κ3) is 5.74. The molecule has 1 aromatic carbocycles. The van der Waals surface area contributed by atoms with Gasteiger partial charge in [0, 0.05) is 40.5 Å². The molecule has 1 heterocycles. The van der Waals surface area contributed by atoms with Gasteiger partial charge in [0.2, 0.25) is 11.8 Å². The topological polar surface area (TPSA) is 86.3 Å². The predicted octanol–water partition coefficient (Wildman–Crippen LogP) is 1.25. The summed E-state index contributed by atoms with van der Waals surface area (Å²) in [5.41, 5.74) is 1.80. The van der Waals surface area contributed by atoms with Crippen LogP contribution in [0.25, 0.3) is 0 Å². The van der Waals surface area contributed by atoms with E-state index in [1.165, 1.54) is 0 Å². The molecule has 1 saturated heterocycles. The van der Waals surface area contributed by atoms with E-state index in [4.69, 9.17) is 18.9 Å². The summed E-state index contributed by atoms with van der Waals surface area (Å²) in [5.74, 6) is -0.760. The number of piperidine rings is 1. The molecule has 1 aliphatic rings. The van der Waals surface area contributed by atoms with Gasteiger partial charge in [-0.2, -0.15) is 0 Å². The van der Waals surface area contributed by atoms with Crippen LogP contribution in [0.5, 0.6) is 0 Å².